The monoisotopic (exact) mass is 441 g/mol. The summed E-state index contributed by atoms with van der Waals surface area (Å²) in [5, 5.41) is 0. The highest BCUT2D eigenvalue weighted by Crippen LogP contribution is 2.20. The van der Waals surface area contributed by atoms with Gasteiger partial charge in [0.25, 0.3) is 5.91 Å². The van der Waals surface area contributed by atoms with Crippen molar-refractivity contribution in [1.82, 2.24) is 14.1 Å². The first-order chi connectivity index (χ1) is 14.2. The van der Waals surface area contributed by atoms with Gasteiger partial charge in [-0.25, -0.2) is 17.5 Å². The normalized spacial score (nSPS) is 16.1. The predicted octanol–water partition coefficient (Wildman–Crippen LogP) is 3.66. The van der Waals surface area contributed by atoms with Crippen molar-refractivity contribution >= 4 is 22.0 Å². The molecule has 1 rings (SSSR count). The highest BCUT2D eigenvalue weighted by atomic mass is 32.2. The summed E-state index contributed by atoms with van der Waals surface area (Å²) >= 11 is 0. The molecule has 0 bridgehead atoms. The molecular formula is C22H39N3O4S. The number of piperidine rings is 1. The first-order valence-electron chi connectivity index (χ1n) is 10.7. The zero-order chi connectivity index (χ0) is 23.2. The van der Waals surface area contributed by atoms with Gasteiger partial charge in [0, 0.05) is 33.2 Å². The second-order valence-electron chi connectivity index (χ2n) is 6.89. The van der Waals surface area contributed by atoms with E-state index >= 15 is 0 Å². The first kappa shape index (κ1) is 28.1. The Bertz CT molecular complexity index is 706. The van der Waals surface area contributed by atoms with Gasteiger partial charge in [0.05, 0.1) is 6.26 Å². The maximum atomic E-state index is 12.6. The Hall–Kier alpha value is -1.93. The number of hydrogen-bond acceptors (Lipinski definition) is 4. The third-order valence-electron chi connectivity index (χ3n) is 4.74. The Labute approximate surface area is 183 Å². The molecule has 0 aromatic rings. The van der Waals surface area contributed by atoms with Crippen LogP contribution in [-0.4, -0.2) is 73.9 Å². The Kier molecular flexibility index (Phi) is 14.0. The minimum Gasteiger partial charge on any atom is -0.328 e. The van der Waals surface area contributed by atoms with E-state index in [4.69, 9.17) is 0 Å². The van der Waals surface area contributed by atoms with Crippen LogP contribution >= 0.6 is 0 Å². The fraction of sp³-hybridized carbons (Fsp3) is 0.636. The number of nitrogens with zero attached hydrogens (tertiary/aromatic N) is 3. The van der Waals surface area contributed by atoms with Crippen molar-refractivity contribution in [2.45, 2.75) is 47.0 Å². The number of sulfonamides is 1. The molecule has 7 nitrogen and oxygen atoms in total. The summed E-state index contributed by atoms with van der Waals surface area (Å²) < 4.78 is 24.6. The maximum absolute atomic E-state index is 12.6. The predicted molar refractivity (Wildman–Crippen MR) is 124 cm³/mol. The van der Waals surface area contributed by atoms with Crippen LogP contribution in [-0.2, 0) is 14.8 Å². The molecule has 0 aromatic heterocycles. The average molecular weight is 442 g/mol. The SMILES string of the molecule is C/C=C\C=C/CCN(C(=O)/C=C/C1CCN(S(C)(=O)=O)CC1)C(=O)N(C)CC.CC. The van der Waals surface area contributed by atoms with E-state index in [9.17, 15) is 18.0 Å². The molecule has 0 atom stereocenters. The van der Waals surface area contributed by atoms with Crippen molar-refractivity contribution in [1.29, 1.82) is 0 Å². The molecule has 0 unspecified atom stereocenters. The largest absolute Gasteiger partial charge is 0.328 e. The van der Waals surface area contributed by atoms with Crippen LogP contribution in [0, 0.1) is 5.92 Å². The fourth-order valence-corrected chi connectivity index (χ4v) is 3.71. The van der Waals surface area contributed by atoms with E-state index in [0.717, 1.165) is 0 Å². The highest BCUT2D eigenvalue weighted by molar-refractivity contribution is 7.88. The molecule has 1 heterocycles. The lowest BCUT2D eigenvalue weighted by Crippen LogP contribution is -2.44. The number of allylic oxidation sites excluding steroid dienone is 4. The smallest absolute Gasteiger partial charge is 0.326 e. The van der Waals surface area contributed by atoms with Crippen molar-refractivity contribution in [3.63, 3.8) is 0 Å². The second-order valence-corrected chi connectivity index (χ2v) is 8.87. The van der Waals surface area contributed by atoms with Crippen molar-refractivity contribution in [3.8, 4) is 0 Å². The molecule has 3 amide bonds. The van der Waals surface area contributed by atoms with Gasteiger partial charge in [-0.1, -0.05) is 44.2 Å². The van der Waals surface area contributed by atoms with Crippen LogP contribution in [0.15, 0.2) is 36.5 Å². The summed E-state index contributed by atoms with van der Waals surface area (Å²) in [6.07, 6.45) is 14.0. The number of rotatable bonds is 8. The summed E-state index contributed by atoms with van der Waals surface area (Å²) in [6, 6.07) is -0.316. The zero-order valence-corrected chi connectivity index (χ0v) is 20.2. The van der Waals surface area contributed by atoms with Crippen molar-refractivity contribution in [2.24, 2.45) is 5.92 Å². The number of carbonyl (C=O) groups is 2. The number of imide groups is 1. The van der Waals surface area contributed by atoms with Gasteiger partial charge in [0.15, 0.2) is 0 Å². The molecule has 0 N–H and O–H groups in total. The van der Waals surface area contributed by atoms with E-state index < -0.39 is 10.0 Å². The molecule has 1 aliphatic heterocycles. The fourth-order valence-electron chi connectivity index (χ4n) is 2.84. The minimum atomic E-state index is -3.16. The van der Waals surface area contributed by atoms with Crippen LogP contribution in [0.5, 0.6) is 0 Å². The molecule has 1 fully saturated rings. The van der Waals surface area contributed by atoms with Crippen molar-refractivity contribution in [2.75, 3.05) is 39.5 Å². The van der Waals surface area contributed by atoms with Crippen LogP contribution in [0.1, 0.15) is 47.0 Å². The van der Waals surface area contributed by atoms with E-state index in [0.29, 0.717) is 45.4 Å². The highest BCUT2D eigenvalue weighted by Gasteiger charge is 2.25. The molecular weight excluding hydrogens is 402 g/mol. The third kappa shape index (κ3) is 10.2. The number of carbonyl (C=O) groups excluding carboxylic acids is 2. The van der Waals surface area contributed by atoms with E-state index in [-0.39, 0.29) is 17.9 Å². The second kappa shape index (κ2) is 15.0. The number of hydrogen-bond donors (Lipinski definition) is 0. The molecule has 0 aromatic carbocycles. The Morgan fingerprint density at radius 2 is 1.73 bits per heavy atom. The van der Waals surface area contributed by atoms with Gasteiger partial charge < -0.3 is 4.90 Å². The quantitative estimate of drug-likeness (QED) is 0.425. The summed E-state index contributed by atoms with van der Waals surface area (Å²) in [4.78, 5) is 27.9. The van der Waals surface area contributed by atoms with Gasteiger partial charge in [-0.15, -0.1) is 0 Å². The van der Waals surface area contributed by atoms with Gasteiger partial charge in [-0.05, 0) is 45.1 Å². The minimum absolute atomic E-state index is 0.136. The molecule has 30 heavy (non-hydrogen) atoms. The topological polar surface area (TPSA) is 78.0 Å². The van der Waals surface area contributed by atoms with Crippen LogP contribution < -0.4 is 0 Å². The van der Waals surface area contributed by atoms with Crippen LogP contribution in [0.25, 0.3) is 0 Å². The van der Waals surface area contributed by atoms with E-state index in [1.165, 1.54) is 26.4 Å². The summed E-state index contributed by atoms with van der Waals surface area (Å²) in [5.41, 5.74) is 0. The maximum Gasteiger partial charge on any atom is 0.326 e. The van der Waals surface area contributed by atoms with Gasteiger partial charge in [0.2, 0.25) is 10.0 Å². The molecule has 8 heteroatoms. The molecule has 0 spiro atoms. The summed E-state index contributed by atoms with van der Waals surface area (Å²) in [6.45, 7) is 9.53. The van der Waals surface area contributed by atoms with Crippen LogP contribution in [0.4, 0.5) is 4.79 Å². The lowest BCUT2D eigenvalue weighted by Gasteiger charge is -2.29. The molecule has 172 valence electrons. The first-order valence-corrected chi connectivity index (χ1v) is 12.5. The number of amides is 3. The lowest BCUT2D eigenvalue weighted by atomic mass is 9.97. The number of urea groups is 1. The average Bonchev–Trinajstić information content (AvgIpc) is 2.74. The van der Waals surface area contributed by atoms with Gasteiger partial charge in [-0.2, -0.15) is 0 Å². The molecule has 1 saturated heterocycles. The van der Waals surface area contributed by atoms with Gasteiger partial charge in [-0.3, -0.25) is 9.69 Å². The van der Waals surface area contributed by atoms with Crippen molar-refractivity contribution < 1.29 is 18.0 Å². The molecule has 0 aliphatic carbocycles. The van der Waals surface area contributed by atoms with Crippen LogP contribution in [0.2, 0.25) is 0 Å². The van der Waals surface area contributed by atoms with E-state index in [1.807, 2.05) is 58.1 Å². The lowest BCUT2D eigenvalue weighted by molar-refractivity contribution is -0.123. The summed E-state index contributed by atoms with van der Waals surface area (Å²) in [5.74, 6) is -0.201. The van der Waals surface area contributed by atoms with Crippen LogP contribution in [0.3, 0.4) is 0 Å². The Balaban J connectivity index is 0.00000407. The standard InChI is InChI=1S/C20H33N3O4S.C2H6/c1-5-7-8-9-10-15-23(20(25)21(3)6-2)19(24)12-11-18-13-16-22(17-14-18)28(4,26)27;1-2/h5,7-9,11-12,18H,6,10,13-17H2,1-4H3;1-2H3/b7-5-,9-8-,12-11+;. The summed E-state index contributed by atoms with van der Waals surface area (Å²) in [7, 11) is -1.49. The third-order valence-corrected chi connectivity index (χ3v) is 6.04. The van der Waals surface area contributed by atoms with Crippen molar-refractivity contribution in [3.05, 3.63) is 36.5 Å². The Morgan fingerprint density at radius 1 is 1.13 bits per heavy atom. The van der Waals surface area contributed by atoms with Gasteiger partial charge in [0.1, 0.15) is 0 Å². The molecule has 1 aliphatic rings. The molecule has 0 saturated carbocycles. The van der Waals surface area contributed by atoms with Gasteiger partial charge >= 0.3 is 6.03 Å². The van der Waals surface area contributed by atoms with E-state index in [1.54, 1.807) is 7.05 Å². The zero-order valence-electron chi connectivity index (χ0n) is 19.4. The molecule has 0 radical (unpaired) electrons. The van der Waals surface area contributed by atoms with E-state index in [2.05, 4.69) is 0 Å². The Morgan fingerprint density at radius 3 is 2.23 bits per heavy atom.